The lowest BCUT2D eigenvalue weighted by Gasteiger charge is -2.29. The molecule has 0 aliphatic heterocycles. The molecule has 44 heavy (non-hydrogen) atoms. The molecule has 0 unspecified atom stereocenters. The first kappa shape index (κ1) is 40.9. The number of sulfonamides is 2. The molecule has 0 aromatic carbocycles. The van der Waals surface area contributed by atoms with Crippen molar-refractivity contribution in [2.45, 2.75) is 45.2 Å². The van der Waals surface area contributed by atoms with Crippen LogP contribution in [0.4, 0.5) is 52.7 Å². The maximum atomic E-state index is 12.6. The van der Waals surface area contributed by atoms with E-state index < -0.39 is 90.3 Å². The molecule has 0 saturated heterocycles. The maximum absolute atomic E-state index is 12.6. The van der Waals surface area contributed by atoms with Crippen LogP contribution in [-0.4, -0.2) is 77.1 Å². The van der Waals surface area contributed by atoms with Crippen LogP contribution in [0.2, 0.25) is 8.67 Å². The van der Waals surface area contributed by atoms with Gasteiger partial charge in [-0.15, -0.1) is 22.7 Å². The van der Waals surface area contributed by atoms with E-state index in [2.05, 4.69) is 0 Å². The number of thiophene rings is 2. The van der Waals surface area contributed by atoms with Gasteiger partial charge in [-0.25, -0.2) is 26.3 Å². The fourth-order valence-corrected chi connectivity index (χ4v) is 8.58. The van der Waals surface area contributed by atoms with Crippen LogP contribution < -0.4 is 9.44 Å². The second-order valence-corrected chi connectivity index (χ2v) is 15.4. The molecule has 26 heteroatoms. The second-order valence-electron chi connectivity index (χ2n) is 8.06. The zero-order valence-corrected chi connectivity index (χ0v) is 25.3. The molecule has 0 fully saturated rings. The van der Waals surface area contributed by atoms with Crippen LogP contribution >= 0.6 is 45.9 Å². The van der Waals surface area contributed by atoms with Crippen LogP contribution in [-0.2, 0) is 20.0 Å². The van der Waals surface area contributed by atoms with E-state index in [1.165, 1.54) is 9.44 Å². The Kier molecular flexibility index (Phi) is 13.7. The number of rotatable bonds is 10. The molecule has 2 aromatic rings. The first-order chi connectivity index (χ1) is 19.6. The smallest absolute Gasteiger partial charge is 0.395 e. The van der Waals surface area contributed by atoms with Crippen molar-refractivity contribution in [2.24, 2.45) is 11.8 Å². The molecule has 0 bridgehead atoms. The summed E-state index contributed by atoms with van der Waals surface area (Å²) in [6.45, 7) is -3.38. The molecule has 0 saturated carbocycles. The third-order valence-electron chi connectivity index (χ3n) is 4.85. The van der Waals surface area contributed by atoms with Gasteiger partial charge in [0.15, 0.2) is 11.8 Å². The molecular formula is C18H16Cl2F12N2O6S4. The molecule has 4 N–H and O–H groups in total. The van der Waals surface area contributed by atoms with E-state index in [9.17, 15) is 69.5 Å². The molecular weight excluding hydrogens is 767 g/mol. The van der Waals surface area contributed by atoms with E-state index >= 15 is 0 Å². The van der Waals surface area contributed by atoms with Crippen molar-refractivity contribution in [3.63, 3.8) is 0 Å². The topological polar surface area (TPSA) is 133 Å². The fraction of sp³-hybridized carbons (Fsp3) is 0.556. The fourth-order valence-electron chi connectivity index (χ4n) is 3.10. The molecule has 2 aromatic heterocycles. The summed E-state index contributed by atoms with van der Waals surface area (Å²) in [4.78, 5) is 0. The van der Waals surface area contributed by atoms with Gasteiger partial charge in [0.1, 0.15) is 8.42 Å². The Morgan fingerprint density at radius 2 is 0.841 bits per heavy atom. The number of halogens is 14. The van der Waals surface area contributed by atoms with Crippen LogP contribution in [0.3, 0.4) is 0 Å². The Morgan fingerprint density at radius 3 is 1.00 bits per heavy atom. The highest BCUT2D eigenvalue weighted by Crippen LogP contribution is 2.43. The predicted octanol–water partition coefficient (Wildman–Crippen LogP) is 5.56. The quantitative estimate of drug-likeness (QED) is 0.234. The van der Waals surface area contributed by atoms with E-state index in [0.717, 1.165) is 24.3 Å². The normalized spacial score (nSPS) is 15.3. The minimum Gasteiger partial charge on any atom is -0.395 e. The van der Waals surface area contributed by atoms with Crippen molar-refractivity contribution in [1.29, 1.82) is 0 Å². The van der Waals surface area contributed by atoms with Gasteiger partial charge in [-0.05, 0) is 24.3 Å². The summed E-state index contributed by atoms with van der Waals surface area (Å²) in [6.07, 6.45) is -23.2. The van der Waals surface area contributed by atoms with Crippen molar-refractivity contribution in [3.05, 3.63) is 32.9 Å². The molecule has 0 amide bonds. The average molecular weight is 783 g/mol. The predicted molar refractivity (Wildman–Crippen MR) is 132 cm³/mol. The van der Waals surface area contributed by atoms with Gasteiger partial charge in [0.25, 0.3) is 0 Å². The van der Waals surface area contributed by atoms with Gasteiger partial charge >= 0.3 is 24.7 Å². The van der Waals surface area contributed by atoms with Crippen molar-refractivity contribution in [1.82, 2.24) is 9.44 Å². The lowest BCUT2D eigenvalue weighted by molar-refractivity contribution is -0.293. The molecule has 2 atom stereocenters. The lowest BCUT2D eigenvalue weighted by Crippen LogP contribution is -2.54. The highest BCUT2D eigenvalue weighted by Gasteiger charge is 2.62. The van der Waals surface area contributed by atoms with Crippen molar-refractivity contribution in [3.8, 4) is 0 Å². The van der Waals surface area contributed by atoms with Crippen LogP contribution in [0.15, 0.2) is 32.7 Å². The van der Waals surface area contributed by atoms with Gasteiger partial charge in [-0.2, -0.15) is 52.7 Å². The van der Waals surface area contributed by atoms with Crippen LogP contribution in [0.1, 0.15) is 0 Å². The van der Waals surface area contributed by atoms with E-state index in [0.29, 0.717) is 22.7 Å². The summed E-state index contributed by atoms with van der Waals surface area (Å²) in [5.74, 6) is -8.09. The van der Waals surface area contributed by atoms with Crippen LogP contribution in [0.25, 0.3) is 0 Å². The Hall–Kier alpha value is -1.12. The zero-order valence-electron chi connectivity index (χ0n) is 20.5. The van der Waals surface area contributed by atoms with Crippen LogP contribution in [0.5, 0.6) is 0 Å². The Morgan fingerprint density at radius 1 is 0.591 bits per heavy atom. The summed E-state index contributed by atoms with van der Waals surface area (Å²) < 4.78 is 199. The van der Waals surface area contributed by atoms with E-state index in [1.807, 2.05) is 0 Å². The number of hydrogen-bond acceptors (Lipinski definition) is 8. The van der Waals surface area contributed by atoms with Crippen molar-refractivity contribution < 1.29 is 79.7 Å². The maximum Gasteiger partial charge on any atom is 0.402 e. The Balaban J connectivity index is 0.000000440. The number of aliphatic hydroxyl groups is 2. The van der Waals surface area contributed by atoms with Gasteiger partial charge in [-0.1, -0.05) is 23.2 Å². The van der Waals surface area contributed by atoms with Crippen LogP contribution in [0, 0.1) is 11.8 Å². The number of nitrogens with one attached hydrogen (secondary N) is 2. The second kappa shape index (κ2) is 14.8. The van der Waals surface area contributed by atoms with Gasteiger partial charge < -0.3 is 10.2 Å². The standard InChI is InChI=1S/2C9H8ClF6NO3S2/c2*10-5-1-2-6(21-5)22(19,20)17-4(3-18)7(8(11,12)13)9(14,15)16/h2*1-2,4,7,17-18H,3H2/t2*4-/m11/s1. The summed E-state index contributed by atoms with van der Waals surface area (Å²) in [5.41, 5.74) is 0. The highest BCUT2D eigenvalue weighted by molar-refractivity contribution is 7.92. The lowest BCUT2D eigenvalue weighted by atomic mass is 10.00. The van der Waals surface area contributed by atoms with Crippen molar-refractivity contribution in [2.75, 3.05) is 13.2 Å². The van der Waals surface area contributed by atoms with E-state index in [-0.39, 0.29) is 8.67 Å². The molecule has 0 radical (unpaired) electrons. The van der Waals surface area contributed by atoms with Gasteiger partial charge in [0.05, 0.1) is 34.0 Å². The first-order valence-corrected chi connectivity index (χ1v) is 16.0. The summed E-state index contributed by atoms with van der Waals surface area (Å²) in [7, 11) is -9.38. The number of aliphatic hydroxyl groups excluding tert-OH is 2. The van der Waals surface area contributed by atoms with Gasteiger partial charge in [0.2, 0.25) is 20.0 Å². The first-order valence-electron chi connectivity index (χ1n) is 10.6. The zero-order chi connectivity index (χ0) is 34.7. The van der Waals surface area contributed by atoms with E-state index in [1.54, 1.807) is 0 Å². The van der Waals surface area contributed by atoms with Crippen molar-refractivity contribution >= 4 is 65.9 Å². The van der Waals surface area contributed by atoms with E-state index in [4.69, 9.17) is 33.4 Å². The minimum absolute atomic E-state index is 0.0240. The summed E-state index contributed by atoms with van der Waals surface area (Å²) in [6, 6.07) is -1.57. The molecule has 256 valence electrons. The molecule has 2 heterocycles. The summed E-state index contributed by atoms with van der Waals surface area (Å²) in [5, 5.41) is 17.6. The average Bonchev–Trinajstić information content (AvgIpc) is 3.43. The number of alkyl halides is 12. The summed E-state index contributed by atoms with van der Waals surface area (Å²) >= 11 is 11.8. The molecule has 0 aliphatic rings. The Bertz CT molecular complexity index is 1300. The highest BCUT2D eigenvalue weighted by atomic mass is 35.5. The third kappa shape index (κ3) is 11.6. The molecule has 2 rings (SSSR count). The Labute approximate surface area is 257 Å². The third-order valence-corrected chi connectivity index (χ3v) is 11.3. The SMILES string of the molecule is O=S(=O)(N[C@H](CO)C(C(F)(F)F)C(F)(F)F)c1ccc(Cl)s1.O=S(=O)(N[C@H](CO)C(C(F)(F)F)C(F)(F)F)c1ccc(Cl)s1. The largest absolute Gasteiger partial charge is 0.402 e. The van der Waals surface area contributed by atoms with Gasteiger partial charge in [0, 0.05) is 0 Å². The molecule has 0 spiro atoms. The monoisotopic (exact) mass is 782 g/mol. The van der Waals surface area contributed by atoms with Gasteiger partial charge in [-0.3, -0.25) is 0 Å². The minimum atomic E-state index is -5.79. The molecule has 0 aliphatic carbocycles. The number of hydrogen-bond donors (Lipinski definition) is 4. The molecule has 8 nitrogen and oxygen atoms in total.